The number of amides is 3. The summed E-state index contributed by atoms with van der Waals surface area (Å²) >= 11 is 0. The Bertz CT molecular complexity index is 1000. The van der Waals surface area contributed by atoms with Gasteiger partial charge in [0, 0.05) is 6.54 Å². The zero-order valence-electron chi connectivity index (χ0n) is 18.8. The highest BCUT2D eigenvalue weighted by atomic mass is 16.6. The van der Waals surface area contributed by atoms with E-state index in [9.17, 15) is 19.2 Å². The van der Waals surface area contributed by atoms with E-state index in [1.165, 1.54) is 0 Å². The Morgan fingerprint density at radius 3 is 1.86 bits per heavy atom. The highest BCUT2D eigenvalue weighted by Gasteiger charge is 2.43. The van der Waals surface area contributed by atoms with Crippen molar-refractivity contribution < 1.29 is 33.8 Å². The molecule has 3 rings (SSSR count). The van der Waals surface area contributed by atoms with Gasteiger partial charge in [0.15, 0.2) is 0 Å². The first-order chi connectivity index (χ1) is 16.9. The van der Waals surface area contributed by atoms with Crippen LogP contribution in [0.5, 0.6) is 0 Å². The number of β-lactam (4-membered cyclic amide) rings is 1. The molecule has 0 radical (unpaired) electrons. The molecule has 1 aliphatic rings. The number of hydrogen-bond acceptors (Lipinski definition) is 7. The molecule has 11 heteroatoms. The molecular formula is C24H26N4O7. The normalized spacial score (nSPS) is 16.2. The smallest absolute Gasteiger partial charge is 0.414 e. The minimum atomic E-state index is -1.09. The average Bonchev–Trinajstić information content (AvgIpc) is 2.85. The minimum Gasteiger partial charge on any atom is -0.480 e. The molecule has 184 valence electrons. The Hall–Kier alpha value is -4.41. The summed E-state index contributed by atoms with van der Waals surface area (Å²) in [7, 11) is 0. The summed E-state index contributed by atoms with van der Waals surface area (Å²) in [6, 6.07) is 17.2. The molecule has 35 heavy (non-hydrogen) atoms. The number of carboxylic acid groups (broad SMARTS) is 1. The first-order valence-corrected chi connectivity index (χ1v) is 11.0. The monoisotopic (exact) mass is 482 g/mol. The Kier molecular flexibility index (Phi) is 9.17. The first-order valence-electron chi connectivity index (χ1n) is 11.0. The van der Waals surface area contributed by atoms with Crippen LogP contribution >= 0.6 is 0 Å². The van der Waals surface area contributed by atoms with Gasteiger partial charge in [0.1, 0.15) is 19.3 Å². The van der Waals surface area contributed by atoms with Crippen LogP contribution in [0.25, 0.3) is 0 Å². The predicted molar refractivity (Wildman–Crippen MR) is 124 cm³/mol. The van der Waals surface area contributed by atoms with E-state index in [0.717, 1.165) is 11.1 Å². The highest BCUT2D eigenvalue weighted by Crippen LogP contribution is 2.20. The number of aliphatic imine (C=N–C) groups is 1. The molecule has 0 aromatic heterocycles. The van der Waals surface area contributed by atoms with Crippen molar-refractivity contribution in [2.45, 2.75) is 32.1 Å². The molecule has 0 aliphatic carbocycles. The second-order valence-corrected chi connectivity index (χ2v) is 7.68. The van der Waals surface area contributed by atoms with Gasteiger partial charge in [-0.25, -0.2) is 14.4 Å². The number of rotatable bonds is 9. The summed E-state index contributed by atoms with van der Waals surface area (Å²) in [6.45, 7) is 0.154. The number of ether oxygens (including phenoxy) is 2. The molecule has 1 fully saturated rings. The maximum absolute atomic E-state index is 12.2. The molecule has 11 nitrogen and oxygen atoms in total. The number of carbonyl (C=O) groups excluding carboxylic acids is 3. The van der Waals surface area contributed by atoms with Gasteiger partial charge in [0.2, 0.25) is 11.9 Å². The Balaban J connectivity index is 1.53. The number of nitrogens with one attached hydrogen (secondary N) is 3. The molecule has 1 aliphatic heterocycles. The molecule has 0 saturated carbocycles. The summed E-state index contributed by atoms with van der Waals surface area (Å²) < 4.78 is 10.3. The van der Waals surface area contributed by atoms with E-state index in [2.05, 4.69) is 20.9 Å². The molecule has 1 saturated heterocycles. The van der Waals surface area contributed by atoms with Crippen LogP contribution in [0.1, 0.15) is 24.0 Å². The van der Waals surface area contributed by atoms with E-state index >= 15 is 0 Å². The quantitative estimate of drug-likeness (QED) is 0.185. The van der Waals surface area contributed by atoms with Gasteiger partial charge < -0.3 is 19.9 Å². The van der Waals surface area contributed by atoms with Gasteiger partial charge >= 0.3 is 18.2 Å². The van der Waals surface area contributed by atoms with Crippen LogP contribution in [0, 0.1) is 5.92 Å². The minimum absolute atomic E-state index is 0.0196. The Labute approximate surface area is 201 Å². The lowest BCUT2D eigenvalue weighted by atomic mass is 9.86. The predicted octanol–water partition coefficient (Wildman–Crippen LogP) is 2.17. The Morgan fingerprint density at radius 2 is 1.40 bits per heavy atom. The number of aliphatic carboxylic acids is 1. The number of hydrogen-bond donors (Lipinski definition) is 4. The fraction of sp³-hybridized carbons (Fsp3) is 0.292. The van der Waals surface area contributed by atoms with E-state index in [-0.39, 0.29) is 38.0 Å². The molecule has 2 atom stereocenters. The Morgan fingerprint density at radius 1 is 0.886 bits per heavy atom. The molecule has 0 spiro atoms. The van der Waals surface area contributed by atoms with Crippen LogP contribution in [-0.2, 0) is 32.3 Å². The standard InChI is InChI=1S/C24H26N4O7/c29-20-18(19(26-20)21(30)31)12-7-13-25-22(27-23(32)34-14-16-8-3-1-4-9-16)28-24(33)35-15-17-10-5-2-6-11-17/h1-6,8-11,18-19H,7,12-15H2,(H,26,29)(H,30,31)(H2,25,27,28,32,33)/t18-,19-/m0/s1. The number of carboxylic acids is 1. The lowest BCUT2D eigenvalue weighted by Gasteiger charge is -2.33. The largest absolute Gasteiger partial charge is 0.480 e. The van der Waals surface area contributed by atoms with Crippen LogP contribution in [0.4, 0.5) is 9.59 Å². The van der Waals surface area contributed by atoms with Gasteiger partial charge in [0.05, 0.1) is 5.92 Å². The van der Waals surface area contributed by atoms with Crippen LogP contribution < -0.4 is 16.0 Å². The van der Waals surface area contributed by atoms with Crippen molar-refractivity contribution in [1.29, 1.82) is 0 Å². The fourth-order valence-corrected chi connectivity index (χ4v) is 3.27. The molecule has 2 aromatic carbocycles. The molecule has 3 amide bonds. The second-order valence-electron chi connectivity index (χ2n) is 7.68. The SMILES string of the molecule is O=C(NC(=NCCC[C@@H]1C(=O)N[C@@H]1C(=O)O)NC(=O)OCc1ccccc1)OCc1ccccc1. The van der Waals surface area contributed by atoms with Crippen LogP contribution in [0.3, 0.4) is 0 Å². The summed E-state index contributed by atoms with van der Waals surface area (Å²) in [5.74, 6) is -2.25. The lowest BCUT2D eigenvalue weighted by molar-refractivity contribution is -0.153. The molecule has 4 N–H and O–H groups in total. The van der Waals surface area contributed by atoms with E-state index in [4.69, 9.17) is 14.6 Å². The van der Waals surface area contributed by atoms with E-state index in [0.29, 0.717) is 6.42 Å². The number of alkyl carbamates (subject to hydrolysis) is 2. The van der Waals surface area contributed by atoms with Crippen molar-refractivity contribution in [3.05, 3.63) is 71.8 Å². The highest BCUT2D eigenvalue weighted by molar-refractivity contribution is 6.01. The van der Waals surface area contributed by atoms with Gasteiger partial charge in [-0.15, -0.1) is 0 Å². The number of nitrogens with zero attached hydrogens (tertiary/aromatic N) is 1. The topological polar surface area (TPSA) is 155 Å². The zero-order valence-corrected chi connectivity index (χ0v) is 18.8. The third-order valence-electron chi connectivity index (χ3n) is 5.11. The van der Waals surface area contributed by atoms with Crippen molar-refractivity contribution in [2.75, 3.05) is 6.54 Å². The first kappa shape index (κ1) is 25.2. The maximum Gasteiger partial charge on any atom is 0.414 e. The summed E-state index contributed by atoms with van der Waals surface area (Å²) in [5.41, 5.74) is 1.56. The van der Waals surface area contributed by atoms with Crippen molar-refractivity contribution in [2.24, 2.45) is 10.9 Å². The van der Waals surface area contributed by atoms with E-state index in [1.54, 1.807) is 24.3 Å². The molecule has 0 unspecified atom stereocenters. The molecule has 1 heterocycles. The lowest BCUT2D eigenvalue weighted by Crippen LogP contribution is -2.61. The van der Waals surface area contributed by atoms with Gasteiger partial charge in [-0.1, -0.05) is 60.7 Å². The summed E-state index contributed by atoms with van der Waals surface area (Å²) in [5, 5.41) is 16.1. The van der Waals surface area contributed by atoms with Crippen LogP contribution in [0.2, 0.25) is 0 Å². The van der Waals surface area contributed by atoms with Crippen molar-refractivity contribution in [3.63, 3.8) is 0 Å². The second kappa shape index (κ2) is 12.7. The van der Waals surface area contributed by atoms with Gasteiger partial charge in [-0.3, -0.25) is 20.4 Å². The maximum atomic E-state index is 12.2. The van der Waals surface area contributed by atoms with Gasteiger partial charge in [-0.2, -0.15) is 0 Å². The van der Waals surface area contributed by atoms with Crippen molar-refractivity contribution >= 4 is 30.0 Å². The zero-order chi connectivity index (χ0) is 25.0. The summed E-state index contributed by atoms with van der Waals surface area (Å²) in [6.07, 6.45) is -1.02. The van der Waals surface area contributed by atoms with E-state index in [1.807, 2.05) is 36.4 Å². The van der Waals surface area contributed by atoms with Crippen molar-refractivity contribution in [3.8, 4) is 0 Å². The number of carbonyl (C=O) groups is 4. The van der Waals surface area contributed by atoms with Crippen LogP contribution in [-0.4, -0.2) is 47.7 Å². The number of benzene rings is 2. The van der Waals surface area contributed by atoms with Gasteiger partial charge in [0.25, 0.3) is 0 Å². The third kappa shape index (κ3) is 8.14. The summed E-state index contributed by atoms with van der Waals surface area (Å²) in [4.78, 5) is 51.3. The van der Waals surface area contributed by atoms with Crippen LogP contribution in [0.15, 0.2) is 65.7 Å². The molecular weight excluding hydrogens is 456 g/mol. The molecule has 0 bridgehead atoms. The van der Waals surface area contributed by atoms with Gasteiger partial charge in [-0.05, 0) is 24.0 Å². The third-order valence-corrected chi connectivity index (χ3v) is 5.11. The van der Waals surface area contributed by atoms with E-state index < -0.39 is 30.1 Å². The fourth-order valence-electron chi connectivity index (χ4n) is 3.27. The molecule has 2 aromatic rings. The number of guanidine groups is 1. The average molecular weight is 482 g/mol. The van der Waals surface area contributed by atoms with Crippen molar-refractivity contribution in [1.82, 2.24) is 16.0 Å².